The summed E-state index contributed by atoms with van der Waals surface area (Å²) in [7, 11) is -7.83. The Labute approximate surface area is 193 Å². The van der Waals surface area contributed by atoms with Gasteiger partial charge in [0, 0.05) is 49.6 Å². The van der Waals surface area contributed by atoms with E-state index in [9.17, 15) is 0 Å². The summed E-state index contributed by atoms with van der Waals surface area (Å²) in [4.78, 5) is 0. The first-order valence-corrected chi connectivity index (χ1v) is 14.3. The van der Waals surface area contributed by atoms with E-state index in [1.807, 2.05) is 0 Å². The largest absolute Gasteiger partial charge is 0.748 e. The van der Waals surface area contributed by atoms with Crippen LogP contribution < -0.4 is 9.13 Å². The van der Waals surface area contributed by atoms with Crippen molar-refractivity contribution >= 4 is 20.2 Å². The van der Waals surface area contributed by atoms with Gasteiger partial charge in [0.05, 0.1) is 20.2 Å². The molecule has 0 radical (unpaired) electrons. The Bertz CT molecular complexity index is 861. The molecule has 0 bridgehead atoms. The summed E-state index contributed by atoms with van der Waals surface area (Å²) >= 11 is 0. The van der Waals surface area contributed by atoms with Crippen LogP contribution in [0.15, 0.2) is 49.1 Å². The smallest absolute Gasteiger partial charge is 0.169 e. The summed E-state index contributed by atoms with van der Waals surface area (Å²) in [5, 5.41) is 0. The molecule has 0 spiro atoms. The number of hydrogen-bond acceptors (Lipinski definition) is 6. The molecular weight excluding hydrogens is 452 g/mol. The van der Waals surface area contributed by atoms with Crippen LogP contribution in [0.4, 0.5) is 0 Å². The van der Waals surface area contributed by atoms with E-state index < -0.39 is 20.2 Å². The zero-order valence-corrected chi connectivity index (χ0v) is 21.1. The van der Waals surface area contributed by atoms with Gasteiger partial charge in [0.1, 0.15) is 13.1 Å². The first-order chi connectivity index (χ1) is 14.8. The van der Waals surface area contributed by atoms with Crippen LogP contribution in [0.1, 0.15) is 52.4 Å². The van der Waals surface area contributed by atoms with Crippen LogP contribution in [0.2, 0.25) is 0 Å². The normalized spacial score (nSPS) is 11.1. The lowest BCUT2D eigenvalue weighted by Crippen LogP contribution is -2.33. The minimum Gasteiger partial charge on any atom is -0.748 e. The lowest BCUT2D eigenvalue weighted by Gasteiger charge is -2.01. The van der Waals surface area contributed by atoms with Crippen LogP contribution in [0.5, 0.6) is 0 Å². The first kappa shape index (κ1) is 30.1. The van der Waals surface area contributed by atoms with E-state index in [4.69, 9.17) is 25.9 Å². The van der Waals surface area contributed by atoms with Crippen molar-refractivity contribution < 1.29 is 35.1 Å². The fraction of sp³-hybridized carbons (Fsp3) is 0.545. The zero-order chi connectivity index (χ0) is 24.6. The van der Waals surface area contributed by atoms with E-state index in [-0.39, 0.29) is 0 Å². The number of hydrogen-bond donors (Lipinski definition) is 0. The number of unbranched alkanes of at least 4 members (excludes halogenated alkanes) is 4. The Kier molecular flexibility index (Phi) is 14.9. The van der Waals surface area contributed by atoms with Gasteiger partial charge >= 0.3 is 0 Å². The van der Waals surface area contributed by atoms with Crippen LogP contribution in [0.3, 0.4) is 0 Å². The van der Waals surface area contributed by atoms with Crippen molar-refractivity contribution in [3.63, 3.8) is 0 Å². The summed E-state index contributed by atoms with van der Waals surface area (Å²) in [5.41, 5.74) is 2.60. The summed E-state index contributed by atoms with van der Waals surface area (Å²) < 4.78 is 59.0. The molecule has 182 valence electrons. The van der Waals surface area contributed by atoms with Crippen LogP contribution in [0, 0.1) is 0 Å². The molecule has 10 heteroatoms. The summed E-state index contributed by atoms with van der Waals surface area (Å²) in [6, 6.07) is 8.90. The van der Waals surface area contributed by atoms with Crippen molar-refractivity contribution in [2.24, 2.45) is 0 Å². The second-order valence-corrected chi connectivity index (χ2v) is 10.3. The van der Waals surface area contributed by atoms with Crippen LogP contribution in [-0.4, -0.2) is 38.5 Å². The van der Waals surface area contributed by atoms with Crippen molar-refractivity contribution in [2.75, 3.05) is 12.5 Å². The topological polar surface area (TPSA) is 122 Å². The highest BCUT2D eigenvalue weighted by Crippen LogP contribution is 2.15. The van der Waals surface area contributed by atoms with E-state index >= 15 is 0 Å². The predicted octanol–water partition coefficient (Wildman–Crippen LogP) is 2.63. The maximum Gasteiger partial charge on any atom is 0.169 e. The maximum atomic E-state index is 9.08. The Morgan fingerprint density at radius 1 is 0.625 bits per heavy atom. The molecule has 2 aromatic rings. The third kappa shape index (κ3) is 20.0. The molecule has 0 aliphatic heterocycles. The van der Waals surface area contributed by atoms with Gasteiger partial charge in [0.25, 0.3) is 0 Å². The molecule has 0 aromatic carbocycles. The van der Waals surface area contributed by atoms with E-state index in [0.717, 1.165) is 13.1 Å². The van der Waals surface area contributed by atoms with E-state index in [0.29, 0.717) is 12.5 Å². The summed E-state index contributed by atoms with van der Waals surface area (Å²) in [6.45, 7) is 6.75. The lowest BCUT2D eigenvalue weighted by atomic mass is 10.1. The molecule has 0 fully saturated rings. The van der Waals surface area contributed by atoms with Gasteiger partial charge in [-0.2, -0.15) is 0 Å². The second-order valence-electron chi connectivity index (χ2n) is 7.47. The van der Waals surface area contributed by atoms with E-state index in [1.165, 1.54) is 49.7 Å². The van der Waals surface area contributed by atoms with Crippen LogP contribution >= 0.6 is 0 Å². The third-order valence-electron chi connectivity index (χ3n) is 4.16. The van der Waals surface area contributed by atoms with Crippen LogP contribution in [0.25, 0.3) is 11.1 Å². The Hall–Kier alpha value is -1.88. The molecule has 2 heterocycles. The van der Waals surface area contributed by atoms with Gasteiger partial charge in [-0.15, -0.1) is 0 Å². The minimum absolute atomic E-state index is 0.604. The quantitative estimate of drug-likeness (QED) is 0.304. The van der Waals surface area contributed by atoms with E-state index in [2.05, 4.69) is 72.0 Å². The highest BCUT2D eigenvalue weighted by atomic mass is 32.2. The molecule has 0 aliphatic carbocycles. The fourth-order valence-electron chi connectivity index (χ4n) is 2.69. The average molecular weight is 489 g/mol. The fourth-order valence-corrected chi connectivity index (χ4v) is 2.69. The SMILES string of the molecule is CCCCC[n+]1ccc(-c2cc[n+](CCCCC)cc2)cc1.CS(=O)(=O)[O-].CS(=O)(=O)[O-]. The third-order valence-corrected chi connectivity index (χ3v) is 4.16. The molecule has 0 N–H and O–H groups in total. The van der Waals surface area contributed by atoms with Gasteiger partial charge in [-0.3, -0.25) is 0 Å². The minimum atomic E-state index is -3.92. The lowest BCUT2D eigenvalue weighted by molar-refractivity contribution is -0.697. The number of aryl methyl sites for hydroxylation is 2. The molecule has 0 saturated heterocycles. The van der Waals surface area contributed by atoms with Crippen molar-refractivity contribution in [1.82, 2.24) is 0 Å². The molecule has 2 aromatic heterocycles. The molecule has 32 heavy (non-hydrogen) atoms. The standard InChI is InChI=1S/C20H30N2.2CH4O3S/c1-3-5-7-13-21-15-9-19(10-16-21)20-11-17-22(18-12-20)14-8-6-4-2;2*1-5(2,3)4/h9-12,15-18H,3-8,13-14H2,1-2H3;2*1H3,(H,2,3,4)/q+2;;/p-2. The maximum absolute atomic E-state index is 9.08. The highest BCUT2D eigenvalue weighted by Gasteiger charge is 2.05. The number of aromatic nitrogens is 2. The van der Waals surface area contributed by atoms with Gasteiger partial charge < -0.3 is 9.11 Å². The summed E-state index contributed by atoms with van der Waals surface area (Å²) in [5.74, 6) is 0. The van der Waals surface area contributed by atoms with Gasteiger partial charge in [-0.05, 0) is 24.0 Å². The van der Waals surface area contributed by atoms with Crippen molar-refractivity contribution in [3.05, 3.63) is 49.1 Å². The summed E-state index contributed by atoms with van der Waals surface area (Å²) in [6.07, 6.45) is 17.7. The second kappa shape index (κ2) is 15.8. The molecule has 2 rings (SSSR count). The monoisotopic (exact) mass is 488 g/mol. The number of pyridine rings is 2. The predicted molar refractivity (Wildman–Crippen MR) is 123 cm³/mol. The molecule has 0 saturated carbocycles. The van der Waals surface area contributed by atoms with Crippen molar-refractivity contribution in [2.45, 2.75) is 65.5 Å². The Morgan fingerprint density at radius 3 is 1.09 bits per heavy atom. The number of nitrogens with zero attached hydrogens (tertiary/aromatic N) is 2. The van der Waals surface area contributed by atoms with Gasteiger partial charge in [0.2, 0.25) is 0 Å². The zero-order valence-electron chi connectivity index (χ0n) is 19.4. The van der Waals surface area contributed by atoms with Gasteiger partial charge in [-0.1, -0.05) is 26.7 Å². The first-order valence-electron chi connectivity index (χ1n) is 10.6. The number of rotatable bonds is 9. The molecule has 0 atom stereocenters. The highest BCUT2D eigenvalue weighted by molar-refractivity contribution is 7.85. The Balaban J connectivity index is 0.000000805. The van der Waals surface area contributed by atoms with Gasteiger partial charge in [-0.25, -0.2) is 26.0 Å². The van der Waals surface area contributed by atoms with Crippen molar-refractivity contribution in [3.8, 4) is 11.1 Å². The molecule has 8 nitrogen and oxygen atoms in total. The molecule has 0 unspecified atom stereocenters. The molecule has 0 amide bonds. The Morgan fingerprint density at radius 2 is 0.875 bits per heavy atom. The van der Waals surface area contributed by atoms with E-state index in [1.54, 1.807) is 0 Å². The van der Waals surface area contributed by atoms with Gasteiger partial charge in [0.15, 0.2) is 24.8 Å². The average Bonchev–Trinajstić information content (AvgIpc) is 2.67. The molecule has 0 aliphatic rings. The molecular formula is C22H36N2O6S2. The van der Waals surface area contributed by atoms with Crippen molar-refractivity contribution in [1.29, 1.82) is 0 Å². The van der Waals surface area contributed by atoms with Crippen LogP contribution in [-0.2, 0) is 33.3 Å².